The van der Waals surface area contributed by atoms with Crippen LogP contribution in [0, 0.1) is 5.92 Å². The number of aliphatic hydroxyl groups is 1. The molecule has 3 atom stereocenters. The average Bonchev–Trinajstić information content (AvgIpc) is 2.75. The molecule has 3 N–H and O–H groups in total. The molecule has 10 nitrogen and oxygen atoms in total. The van der Waals surface area contributed by atoms with Gasteiger partial charge >= 0.3 is 18.0 Å². The minimum absolute atomic E-state index is 0.0226. The number of carbonyl (C=O) groups excluding carboxylic acids is 4. The highest BCUT2D eigenvalue weighted by molar-refractivity contribution is 5.85. The maximum absolute atomic E-state index is 12.1. The van der Waals surface area contributed by atoms with Crippen LogP contribution in [-0.2, 0) is 35.2 Å². The fourth-order valence-electron chi connectivity index (χ4n) is 2.52. The first-order valence-corrected chi connectivity index (χ1v) is 9.34. The van der Waals surface area contributed by atoms with Crippen molar-refractivity contribution in [3.8, 4) is 0 Å². The van der Waals surface area contributed by atoms with Gasteiger partial charge in [-0.15, -0.1) is 0 Å². The number of amides is 2. The summed E-state index contributed by atoms with van der Waals surface area (Å²) in [6, 6.07) is 7.98. The van der Waals surface area contributed by atoms with Gasteiger partial charge in [-0.3, -0.25) is 9.59 Å². The smallest absolute Gasteiger partial charge is 0.407 e. The zero-order valence-corrected chi connectivity index (χ0v) is 17.3. The van der Waals surface area contributed by atoms with Crippen LogP contribution < -0.4 is 10.6 Å². The number of hydrogen-bond donors (Lipinski definition) is 3. The third kappa shape index (κ3) is 9.37. The number of methoxy groups -OCH3 is 2. The number of ether oxygens (including phenoxy) is 3. The van der Waals surface area contributed by atoms with Crippen LogP contribution >= 0.6 is 0 Å². The zero-order chi connectivity index (χ0) is 22.5. The van der Waals surface area contributed by atoms with Gasteiger partial charge in [0.2, 0.25) is 5.91 Å². The normalized spacial score (nSPS) is 13.3. The average molecular weight is 424 g/mol. The second kappa shape index (κ2) is 13.2. The molecule has 10 heteroatoms. The minimum atomic E-state index is -1.20. The Bertz CT molecular complexity index is 710. The molecule has 0 radical (unpaired) electrons. The van der Waals surface area contributed by atoms with Crippen LogP contribution in [-0.4, -0.2) is 62.0 Å². The lowest BCUT2D eigenvalue weighted by Crippen LogP contribution is -2.45. The van der Waals surface area contributed by atoms with Gasteiger partial charge in [0, 0.05) is 6.54 Å². The molecule has 166 valence electrons. The Morgan fingerprint density at radius 1 is 1.03 bits per heavy atom. The molecule has 0 aliphatic heterocycles. The van der Waals surface area contributed by atoms with Gasteiger partial charge < -0.3 is 30.0 Å². The predicted octanol–water partition coefficient (Wildman–Crippen LogP) is 0.521. The second-order valence-corrected chi connectivity index (χ2v) is 6.60. The van der Waals surface area contributed by atoms with E-state index < -0.39 is 42.0 Å². The molecule has 0 aliphatic rings. The molecule has 0 saturated carbocycles. The van der Waals surface area contributed by atoms with Crippen molar-refractivity contribution in [1.82, 2.24) is 10.6 Å². The number of alkyl carbamates (subject to hydrolysis) is 1. The molecule has 2 amide bonds. The maximum Gasteiger partial charge on any atom is 0.407 e. The summed E-state index contributed by atoms with van der Waals surface area (Å²) in [4.78, 5) is 47.2. The molecule has 1 rings (SSSR count). The third-order valence-electron chi connectivity index (χ3n) is 4.13. The Labute approximate surface area is 174 Å². The summed E-state index contributed by atoms with van der Waals surface area (Å²) in [5.74, 6) is -2.55. The van der Waals surface area contributed by atoms with E-state index in [2.05, 4.69) is 20.1 Å². The van der Waals surface area contributed by atoms with E-state index in [1.165, 1.54) is 7.11 Å². The van der Waals surface area contributed by atoms with Crippen molar-refractivity contribution < 1.29 is 38.5 Å². The van der Waals surface area contributed by atoms with Crippen molar-refractivity contribution in [3.63, 3.8) is 0 Å². The number of aliphatic hydroxyl groups excluding tert-OH is 1. The minimum Gasteiger partial charge on any atom is -0.469 e. The fourth-order valence-corrected chi connectivity index (χ4v) is 2.52. The fraction of sp³-hybridized carbons (Fsp3) is 0.500. The highest BCUT2D eigenvalue weighted by atomic mass is 16.5. The van der Waals surface area contributed by atoms with Crippen LogP contribution in [0.1, 0.15) is 25.3 Å². The molecule has 0 spiro atoms. The number of esters is 2. The van der Waals surface area contributed by atoms with Gasteiger partial charge in [-0.25, -0.2) is 9.59 Å². The largest absolute Gasteiger partial charge is 0.469 e. The highest BCUT2D eigenvalue weighted by Crippen LogP contribution is 2.10. The van der Waals surface area contributed by atoms with Gasteiger partial charge in [0.1, 0.15) is 12.6 Å². The lowest BCUT2D eigenvalue weighted by Gasteiger charge is -2.20. The van der Waals surface area contributed by atoms with Crippen molar-refractivity contribution >= 4 is 23.9 Å². The van der Waals surface area contributed by atoms with Crippen molar-refractivity contribution in [2.45, 2.75) is 38.5 Å². The number of hydrogen-bond acceptors (Lipinski definition) is 8. The molecule has 0 unspecified atom stereocenters. The van der Waals surface area contributed by atoms with Crippen LogP contribution in [0.2, 0.25) is 0 Å². The monoisotopic (exact) mass is 424 g/mol. The molecular weight excluding hydrogens is 396 g/mol. The molecule has 0 saturated heterocycles. The second-order valence-electron chi connectivity index (χ2n) is 6.60. The Balaban J connectivity index is 2.42. The van der Waals surface area contributed by atoms with E-state index in [-0.39, 0.29) is 26.0 Å². The lowest BCUT2D eigenvalue weighted by atomic mass is 10.0. The number of nitrogens with one attached hydrogen (secondary N) is 2. The van der Waals surface area contributed by atoms with Crippen LogP contribution in [0.3, 0.4) is 0 Å². The first-order valence-electron chi connectivity index (χ1n) is 9.34. The first-order chi connectivity index (χ1) is 14.3. The van der Waals surface area contributed by atoms with Crippen molar-refractivity contribution in [3.05, 3.63) is 35.9 Å². The SMILES string of the molecule is COC(=O)[C@H](C)C[C@@H](NC(=O)C[C@H](O)CNC(=O)OCc1ccccc1)C(=O)OC. The van der Waals surface area contributed by atoms with E-state index in [0.717, 1.165) is 12.7 Å². The van der Waals surface area contributed by atoms with E-state index in [0.29, 0.717) is 0 Å². The Morgan fingerprint density at radius 3 is 2.27 bits per heavy atom. The molecular formula is C20H28N2O8. The van der Waals surface area contributed by atoms with Gasteiger partial charge in [0.15, 0.2) is 0 Å². The van der Waals surface area contributed by atoms with Crippen LogP contribution in [0.5, 0.6) is 0 Å². The Kier molecular flexibility index (Phi) is 10.9. The van der Waals surface area contributed by atoms with Gasteiger partial charge in [-0.05, 0) is 12.0 Å². The standard InChI is InChI=1S/C20H28N2O8/c1-13(18(25)28-2)9-16(19(26)29-3)22-17(24)10-15(23)11-21-20(27)30-12-14-7-5-4-6-8-14/h4-8,13,15-16,23H,9-12H2,1-3H3,(H,21,27)(H,22,24)/t13-,15+,16-/m1/s1. The predicted molar refractivity (Wildman–Crippen MR) is 105 cm³/mol. The third-order valence-corrected chi connectivity index (χ3v) is 4.13. The van der Waals surface area contributed by atoms with Gasteiger partial charge in [0.25, 0.3) is 0 Å². The van der Waals surface area contributed by atoms with E-state index in [4.69, 9.17) is 4.74 Å². The molecule has 0 bridgehead atoms. The molecule has 0 aromatic heterocycles. The van der Waals surface area contributed by atoms with Gasteiger partial charge in [-0.2, -0.15) is 0 Å². The van der Waals surface area contributed by atoms with Crippen LogP contribution in [0.25, 0.3) is 0 Å². The number of benzene rings is 1. The molecule has 0 fully saturated rings. The molecule has 1 aromatic carbocycles. The summed E-state index contributed by atoms with van der Waals surface area (Å²) in [5, 5.41) is 14.7. The number of carbonyl (C=O) groups is 4. The maximum atomic E-state index is 12.1. The summed E-state index contributed by atoms with van der Waals surface area (Å²) < 4.78 is 14.2. The summed E-state index contributed by atoms with van der Waals surface area (Å²) in [6.45, 7) is 1.40. The van der Waals surface area contributed by atoms with Crippen LogP contribution in [0.4, 0.5) is 4.79 Å². The van der Waals surface area contributed by atoms with E-state index in [9.17, 15) is 24.3 Å². The Hall–Kier alpha value is -3.14. The summed E-state index contributed by atoms with van der Waals surface area (Å²) >= 11 is 0. The quantitative estimate of drug-likeness (QED) is 0.345. The summed E-state index contributed by atoms with van der Waals surface area (Å²) in [6.07, 6.45) is -2.34. The number of rotatable bonds is 11. The highest BCUT2D eigenvalue weighted by Gasteiger charge is 2.27. The molecule has 0 heterocycles. The van der Waals surface area contributed by atoms with E-state index >= 15 is 0 Å². The molecule has 30 heavy (non-hydrogen) atoms. The van der Waals surface area contributed by atoms with Crippen molar-refractivity contribution in [1.29, 1.82) is 0 Å². The summed E-state index contributed by atoms with van der Waals surface area (Å²) in [5.41, 5.74) is 0.808. The first kappa shape index (κ1) is 24.9. The zero-order valence-electron chi connectivity index (χ0n) is 17.3. The van der Waals surface area contributed by atoms with Crippen molar-refractivity contribution in [2.75, 3.05) is 20.8 Å². The van der Waals surface area contributed by atoms with Crippen LogP contribution in [0.15, 0.2) is 30.3 Å². The van der Waals surface area contributed by atoms with Gasteiger partial charge in [-0.1, -0.05) is 37.3 Å². The lowest BCUT2D eigenvalue weighted by molar-refractivity contribution is -0.149. The molecule has 0 aliphatic carbocycles. The van der Waals surface area contributed by atoms with E-state index in [1.807, 2.05) is 18.2 Å². The topological polar surface area (TPSA) is 140 Å². The Morgan fingerprint density at radius 2 is 1.67 bits per heavy atom. The van der Waals surface area contributed by atoms with Crippen molar-refractivity contribution in [2.24, 2.45) is 5.92 Å². The van der Waals surface area contributed by atoms with E-state index in [1.54, 1.807) is 19.1 Å². The summed E-state index contributed by atoms with van der Waals surface area (Å²) in [7, 11) is 2.38. The molecule has 1 aromatic rings. The van der Waals surface area contributed by atoms with Gasteiger partial charge in [0.05, 0.1) is 32.7 Å².